The van der Waals surface area contributed by atoms with E-state index in [-0.39, 0.29) is 0 Å². The van der Waals surface area contributed by atoms with Gasteiger partial charge in [0.05, 0.1) is 12.3 Å². The standard InChI is InChI=1S/C12H20N2O/c1-14(2)11(12-4-3-7-15-12)9-13-8-10-5-6-10/h3-4,7,10-11,13H,5-6,8-9H2,1-2H3. The zero-order chi connectivity index (χ0) is 10.7. The summed E-state index contributed by atoms with van der Waals surface area (Å²) in [5.41, 5.74) is 0. The Hall–Kier alpha value is -0.800. The van der Waals surface area contributed by atoms with Crippen molar-refractivity contribution in [3.63, 3.8) is 0 Å². The van der Waals surface area contributed by atoms with Gasteiger partial charge in [-0.1, -0.05) is 0 Å². The van der Waals surface area contributed by atoms with E-state index in [0.717, 1.165) is 24.8 Å². The van der Waals surface area contributed by atoms with Crippen molar-refractivity contribution in [2.45, 2.75) is 18.9 Å². The molecule has 0 amide bonds. The molecule has 2 rings (SSSR count). The Bertz CT molecular complexity index is 278. The van der Waals surface area contributed by atoms with Gasteiger partial charge >= 0.3 is 0 Å². The molecule has 1 atom stereocenters. The number of furan rings is 1. The van der Waals surface area contributed by atoms with Gasteiger partial charge in [-0.25, -0.2) is 0 Å². The maximum absolute atomic E-state index is 5.45. The zero-order valence-electron chi connectivity index (χ0n) is 9.57. The van der Waals surface area contributed by atoms with Crippen LogP contribution in [0.15, 0.2) is 22.8 Å². The predicted molar refractivity (Wildman–Crippen MR) is 60.7 cm³/mol. The number of nitrogens with zero attached hydrogens (tertiary/aromatic N) is 1. The highest BCUT2D eigenvalue weighted by Gasteiger charge is 2.22. The molecule has 15 heavy (non-hydrogen) atoms. The van der Waals surface area contributed by atoms with Crippen molar-refractivity contribution in [3.05, 3.63) is 24.2 Å². The van der Waals surface area contributed by atoms with Crippen molar-refractivity contribution < 1.29 is 4.42 Å². The first-order valence-electron chi connectivity index (χ1n) is 5.68. The van der Waals surface area contributed by atoms with E-state index in [2.05, 4.69) is 24.3 Å². The molecular formula is C12H20N2O. The number of likely N-dealkylation sites (N-methyl/N-ethyl adjacent to an activating group) is 1. The van der Waals surface area contributed by atoms with Gasteiger partial charge in [0.1, 0.15) is 5.76 Å². The summed E-state index contributed by atoms with van der Waals surface area (Å²) in [6.07, 6.45) is 4.55. The number of rotatable bonds is 6. The van der Waals surface area contributed by atoms with E-state index in [9.17, 15) is 0 Å². The van der Waals surface area contributed by atoms with Crippen molar-refractivity contribution >= 4 is 0 Å². The van der Waals surface area contributed by atoms with Crippen LogP contribution in [0.3, 0.4) is 0 Å². The van der Waals surface area contributed by atoms with Crippen LogP contribution in [0.1, 0.15) is 24.6 Å². The predicted octanol–water partition coefficient (Wildman–Crippen LogP) is 1.88. The number of hydrogen-bond acceptors (Lipinski definition) is 3. The van der Waals surface area contributed by atoms with Crippen molar-refractivity contribution in [1.82, 2.24) is 10.2 Å². The van der Waals surface area contributed by atoms with E-state index < -0.39 is 0 Å². The fourth-order valence-corrected chi connectivity index (χ4v) is 1.76. The van der Waals surface area contributed by atoms with Crippen LogP contribution in [-0.4, -0.2) is 32.1 Å². The molecule has 1 heterocycles. The quantitative estimate of drug-likeness (QED) is 0.773. The highest BCUT2D eigenvalue weighted by molar-refractivity contribution is 5.05. The molecule has 0 aromatic carbocycles. The van der Waals surface area contributed by atoms with Crippen LogP contribution in [0.4, 0.5) is 0 Å². The summed E-state index contributed by atoms with van der Waals surface area (Å²) in [7, 11) is 4.18. The van der Waals surface area contributed by atoms with Crippen LogP contribution in [-0.2, 0) is 0 Å². The summed E-state index contributed by atoms with van der Waals surface area (Å²) in [5, 5.41) is 3.52. The maximum Gasteiger partial charge on any atom is 0.122 e. The van der Waals surface area contributed by atoms with Gasteiger partial charge < -0.3 is 9.73 Å². The van der Waals surface area contributed by atoms with E-state index in [1.807, 2.05) is 12.1 Å². The van der Waals surface area contributed by atoms with E-state index in [0.29, 0.717) is 6.04 Å². The minimum absolute atomic E-state index is 0.346. The summed E-state index contributed by atoms with van der Waals surface area (Å²) in [6, 6.07) is 4.34. The highest BCUT2D eigenvalue weighted by atomic mass is 16.3. The largest absolute Gasteiger partial charge is 0.468 e. The molecule has 1 aliphatic rings. The Morgan fingerprint density at radius 2 is 2.33 bits per heavy atom. The fraction of sp³-hybridized carbons (Fsp3) is 0.667. The molecule has 84 valence electrons. The Morgan fingerprint density at radius 1 is 1.53 bits per heavy atom. The minimum atomic E-state index is 0.346. The van der Waals surface area contributed by atoms with Crippen molar-refractivity contribution in [1.29, 1.82) is 0 Å². The van der Waals surface area contributed by atoms with E-state index in [1.165, 1.54) is 12.8 Å². The van der Waals surface area contributed by atoms with Crippen LogP contribution >= 0.6 is 0 Å². The molecule has 1 fully saturated rings. The third-order valence-corrected chi connectivity index (χ3v) is 2.96. The molecule has 1 N–H and O–H groups in total. The second-order valence-electron chi connectivity index (χ2n) is 4.60. The lowest BCUT2D eigenvalue weighted by molar-refractivity contribution is 0.250. The molecular weight excluding hydrogens is 188 g/mol. The van der Waals surface area contributed by atoms with Crippen LogP contribution < -0.4 is 5.32 Å². The SMILES string of the molecule is CN(C)C(CNCC1CC1)c1ccco1. The van der Waals surface area contributed by atoms with Gasteiger partial charge in [-0.2, -0.15) is 0 Å². The lowest BCUT2D eigenvalue weighted by Gasteiger charge is -2.22. The fourth-order valence-electron chi connectivity index (χ4n) is 1.76. The average molecular weight is 208 g/mol. The van der Waals surface area contributed by atoms with Crippen LogP contribution in [0.5, 0.6) is 0 Å². The van der Waals surface area contributed by atoms with Gasteiger partial charge in [-0.15, -0.1) is 0 Å². The van der Waals surface area contributed by atoms with Gasteiger partial charge in [-0.3, -0.25) is 4.90 Å². The summed E-state index contributed by atoms with van der Waals surface area (Å²) in [6.45, 7) is 2.13. The van der Waals surface area contributed by atoms with Gasteiger partial charge in [0.15, 0.2) is 0 Å². The average Bonchev–Trinajstić information content (AvgIpc) is 2.86. The highest BCUT2D eigenvalue weighted by Crippen LogP contribution is 2.27. The third kappa shape index (κ3) is 3.08. The molecule has 3 heteroatoms. The summed E-state index contributed by atoms with van der Waals surface area (Å²) < 4.78 is 5.45. The Kier molecular flexibility index (Phi) is 3.44. The Balaban J connectivity index is 1.82. The minimum Gasteiger partial charge on any atom is -0.468 e. The third-order valence-electron chi connectivity index (χ3n) is 2.96. The van der Waals surface area contributed by atoms with Crippen molar-refractivity contribution in [2.24, 2.45) is 5.92 Å². The lowest BCUT2D eigenvalue weighted by Crippen LogP contribution is -2.31. The first-order valence-corrected chi connectivity index (χ1v) is 5.68. The molecule has 1 aliphatic carbocycles. The molecule has 3 nitrogen and oxygen atoms in total. The normalized spacial score (nSPS) is 18.3. The first-order chi connectivity index (χ1) is 7.27. The lowest BCUT2D eigenvalue weighted by atomic mass is 10.2. The van der Waals surface area contributed by atoms with Crippen molar-refractivity contribution in [3.8, 4) is 0 Å². The summed E-state index contributed by atoms with van der Waals surface area (Å²) >= 11 is 0. The van der Waals surface area contributed by atoms with E-state index in [4.69, 9.17) is 4.42 Å². The number of nitrogens with one attached hydrogen (secondary N) is 1. The summed E-state index contributed by atoms with van der Waals surface area (Å²) in [4.78, 5) is 2.19. The molecule has 1 saturated carbocycles. The molecule has 1 unspecified atom stereocenters. The second kappa shape index (κ2) is 4.81. The van der Waals surface area contributed by atoms with Gasteiger partial charge in [0.25, 0.3) is 0 Å². The van der Waals surface area contributed by atoms with E-state index in [1.54, 1.807) is 6.26 Å². The van der Waals surface area contributed by atoms with E-state index >= 15 is 0 Å². The maximum atomic E-state index is 5.45. The zero-order valence-corrected chi connectivity index (χ0v) is 9.57. The molecule has 1 aromatic rings. The van der Waals surface area contributed by atoms with Crippen LogP contribution in [0.25, 0.3) is 0 Å². The molecule has 0 saturated heterocycles. The first kappa shape index (κ1) is 10.7. The molecule has 1 aromatic heterocycles. The number of hydrogen-bond donors (Lipinski definition) is 1. The van der Waals surface area contributed by atoms with Crippen molar-refractivity contribution in [2.75, 3.05) is 27.2 Å². The topological polar surface area (TPSA) is 28.4 Å². The van der Waals surface area contributed by atoms with Gasteiger partial charge in [0, 0.05) is 6.54 Å². The smallest absolute Gasteiger partial charge is 0.122 e. The monoisotopic (exact) mass is 208 g/mol. The second-order valence-corrected chi connectivity index (χ2v) is 4.60. The summed E-state index contributed by atoms with van der Waals surface area (Å²) in [5.74, 6) is 1.98. The molecule has 0 spiro atoms. The van der Waals surface area contributed by atoms with Gasteiger partial charge in [0.2, 0.25) is 0 Å². The van der Waals surface area contributed by atoms with Crippen LogP contribution in [0, 0.1) is 5.92 Å². The Morgan fingerprint density at radius 3 is 2.87 bits per heavy atom. The molecule has 0 bridgehead atoms. The Labute approximate surface area is 91.4 Å². The molecule has 0 aliphatic heterocycles. The van der Waals surface area contributed by atoms with Crippen LogP contribution in [0.2, 0.25) is 0 Å². The van der Waals surface area contributed by atoms with Gasteiger partial charge in [-0.05, 0) is 51.5 Å². The molecule has 0 radical (unpaired) electrons.